The summed E-state index contributed by atoms with van der Waals surface area (Å²) in [6.07, 6.45) is 9.15. The summed E-state index contributed by atoms with van der Waals surface area (Å²) in [6.45, 7) is 10.5. The van der Waals surface area contributed by atoms with Crippen LogP contribution in [0.3, 0.4) is 0 Å². The number of pyridine rings is 1. The zero-order valence-corrected chi connectivity index (χ0v) is 34.4. The van der Waals surface area contributed by atoms with Crippen molar-refractivity contribution in [3.8, 4) is 29.6 Å². The third-order valence-corrected chi connectivity index (χ3v) is 12.7. The molecule has 0 aliphatic carbocycles. The van der Waals surface area contributed by atoms with Crippen molar-refractivity contribution in [3.05, 3.63) is 65.9 Å². The van der Waals surface area contributed by atoms with E-state index in [1.807, 2.05) is 25.7 Å². The molecule has 2 bridgehead atoms. The second-order valence-electron chi connectivity index (χ2n) is 18.0. The Labute approximate surface area is 350 Å². The van der Waals surface area contributed by atoms with E-state index >= 15 is 8.78 Å². The van der Waals surface area contributed by atoms with Crippen molar-refractivity contribution in [1.82, 2.24) is 29.7 Å². The first-order chi connectivity index (χ1) is 29.0. The van der Waals surface area contributed by atoms with Gasteiger partial charge in [0, 0.05) is 55.8 Å². The normalized spacial score (nSPS) is 24.7. The van der Waals surface area contributed by atoms with E-state index < -0.39 is 47.8 Å². The Morgan fingerprint density at radius 3 is 2.51 bits per heavy atom. The van der Waals surface area contributed by atoms with Crippen molar-refractivity contribution >= 4 is 39.7 Å². The van der Waals surface area contributed by atoms with Gasteiger partial charge in [0.2, 0.25) is 0 Å². The van der Waals surface area contributed by atoms with E-state index in [9.17, 15) is 18.4 Å². The van der Waals surface area contributed by atoms with Crippen LogP contribution in [0.25, 0.3) is 32.9 Å². The number of likely N-dealkylation sites (tertiary alicyclic amines) is 1. The molecule has 12 nitrogen and oxygen atoms in total. The zero-order chi connectivity index (χ0) is 43.0. The lowest BCUT2D eigenvalue weighted by atomic mass is 9.94. The molecular formula is C45H47F4N7O5. The molecule has 7 heterocycles. The summed E-state index contributed by atoms with van der Waals surface area (Å²) < 4.78 is 77.7. The minimum Gasteiger partial charge on any atom is -0.461 e. The average Bonchev–Trinajstić information content (AvgIpc) is 3.93. The maximum atomic E-state index is 17.3. The number of terminal acetylenes is 1. The third-order valence-electron chi connectivity index (χ3n) is 12.7. The van der Waals surface area contributed by atoms with Crippen LogP contribution in [0, 0.1) is 24.0 Å². The second kappa shape index (κ2) is 15.0. The van der Waals surface area contributed by atoms with Crippen molar-refractivity contribution in [2.75, 3.05) is 50.8 Å². The van der Waals surface area contributed by atoms with Gasteiger partial charge in [-0.2, -0.15) is 9.97 Å². The Morgan fingerprint density at radius 1 is 1.03 bits per heavy atom. The van der Waals surface area contributed by atoms with Gasteiger partial charge in [0.25, 0.3) is 5.92 Å². The molecule has 3 unspecified atom stereocenters. The van der Waals surface area contributed by atoms with Gasteiger partial charge in [0.1, 0.15) is 41.7 Å². The first-order valence-corrected chi connectivity index (χ1v) is 20.7. The minimum atomic E-state index is -2.92. The number of amides is 2. The number of carbonyl (C=O) groups is 2. The number of anilines is 1. The van der Waals surface area contributed by atoms with Crippen LogP contribution >= 0.6 is 0 Å². The number of hydrogen-bond acceptors (Lipinski definition) is 10. The highest BCUT2D eigenvalue weighted by Crippen LogP contribution is 2.45. The maximum absolute atomic E-state index is 17.3. The van der Waals surface area contributed by atoms with E-state index in [1.54, 1.807) is 29.2 Å². The number of nitrogens with zero attached hydrogens (tertiary/aromatic N) is 7. The lowest BCUT2D eigenvalue weighted by Gasteiger charge is -2.42. The molecule has 5 aliphatic rings. The quantitative estimate of drug-likeness (QED) is 0.104. The molecule has 2 aromatic heterocycles. The van der Waals surface area contributed by atoms with Crippen molar-refractivity contribution in [2.45, 2.75) is 94.5 Å². The molecule has 0 saturated carbocycles. The molecule has 2 aromatic carbocycles. The Bertz CT molecular complexity index is 2490. The SMILES string of the molecule is C#Cc1c(F)ccc2cccc(-c3ncc4c(N5CC6CCC(C5)N6C(=O)OC(C)(C)C)nc(OC[C@@]56CCC(COC(=O)N7CCC(F)(F)C7)N5CC(=C)C6)nc4c3F)c12. The van der Waals surface area contributed by atoms with Crippen molar-refractivity contribution in [1.29, 1.82) is 0 Å². The number of aromatic nitrogens is 3. The summed E-state index contributed by atoms with van der Waals surface area (Å²) >= 11 is 0. The van der Waals surface area contributed by atoms with Crippen LogP contribution in [0.2, 0.25) is 0 Å². The van der Waals surface area contributed by atoms with Crippen LogP contribution in [0.15, 0.2) is 48.7 Å². The molecule has 5 saturated heterocycles. The van der Waals surface area contributed by atoms with Gasteiger partial charge in [0.15, 0.2) is 5.82 Å². The van der Waals surface area contributed by atoms with Crippen LogP contribution < -0.4 is 9.64 Å². The summed E-state index contributed by atoms with van der Waals surface area (Å²) in [5, 5.41) is 1.29. The van der Waals surface area contributed by atoms with E-state index in [1.165, 1.54) is 12.3 Å². The van der Waals surface area contributed by atoms with E-state index in [0.29, 0.717) is 66.4 Å². The van der Waals surface area contributed by atoms with Gasteiger partial charge in [-0.1, -0.05) is 42.3 Å². The van der Waals surface area contributed by atoms with Crippen LogP contribution in [0.5, 0.6) is 6.01 Å². The van der Waals surface area contributed by atoms with Gasteiger partial charge in [-0.05, 0) is 64.3 Å². The Morgan fingerprint density at radius 2 is 1.80 bits per heavy atom. The Balaban J connectivity index is 1.05. The number of rotatable bonds is 7. The van der Waals surface area contributed by atoms with Crippen molar-refractivity contribution < 1.29 is 41.4 Å². The summed E-state index contributed by atoms with van der Waals surface area (Å²) in [4.78, 5) is 47.3. The highest BCUT2D eigenvalue weighted by Gasteiger charge is 2.52. The Kier molecular flexibility index (Phi) is 10.0. The topological polar surface area (TPSA) is 113 Å². The van der Waals surface area contributed by atoms with E-state index in [-0.39, 0.29) is 66.8 Å². The highest BCUT2D eigenvalue weighted by atomic mass is 19.3. The average molecular weight is 842 g/mol. The molecule has 320 valence electrons. The first-order valence-electron chi connectivity index (χ1n) is 20.7. The largest absolute Gasteiger partial charge is 0.461 e. The number of alkyl halides is 2. The molecule has 0 spiro atoms. The molecule has 9 rings (SSSR count). The molecule has 0 radical (unpaired) electrons. The lowest BCUT2D eigenvalue weighted by molar-refractivity contribution is 0.00763. The fraction of sp³-hybridized carbons (Fsp3) is 0.489. The lowest BCUT2D eigenvalue weighted by Crippen LogP contribution is -2.57. The number of ether oxygens (including phenoxy) is 3. The fourth-order valence-electron chi connectivity index (χ4n) is 10.00. The molecule has 16 heteroatoms. The molecule has 4 atom stereocenters. The Hall–Kier alpha value is -5.69. The van der Waals surface area contributed by atoms with Crippen molar-refractivity contribution in [2.24, 2.45) is 0 Å². The summed E-state index contributed by atoms with van der Waals surface area (Å²) in [6, 6.07) is 7.34. The van der Waals surface area contributed by atoms with Crippen LogP contribution in [0.4, 0.5) is 33.0 Å². The van der Waals surface area contributed by atoms with Crippen LogP contribution in [-0.2, 0) is 9.47 Å². The van der Waals surface area contributed by atoms with Gasteiger partial charge in [-0.3, -0.25) is 14.8 Å². The van der Waals surface area contributed by atoms with Crippen LogP contribution in [0.1, 0.15) is 64.9 Å². The highest BCUT2D eigenvalue weighted by molar-refractivity contribution is 6.02. The summed E-state index contributed by atoms with van der Waals surface area (Å²) in [5.74, 6) is -1.50. The summed E-state index contributed by atoms with van der Waals surface area (Å²) in [7, 11) is 0. The molecule has 5 aliphatic heterocycles. The number of halogens is 4. The standard InChI is InChI=1S/C45H47F4N7O5/c1-6-31-34(46)13-10-27-8-7-9-32(35(27)31)37-36(47)38-33(19-50-37)39(54-21-28-11-12-29(22-54)56(28)42(58)61-43(3,4)5)52-40(51-38)60-25-44-15-14-30(55(44)20-26(2)18-44)23-59-41(57)53-17-16-45(48,49)24-53/h1,7-10,13,19,28-30H,2,11-12,14-18,20-25H2,3-5H3/t28?,29?,30?,44-/m0/s1. The van der Waals surface area contributed by atoms with E-state index in [0.717, 1.165) is 23.3 Å². The van der Waals surface area contributed by atoms with Gasteiger partial charge < -0.3 is 24.0 Å². The van der Waals surface area contributed by atoms with Crippen LogP contribution in [-0.4, -0.2) is 123 Å². The zero-order valence-electron chi connectivity index (χ0n) is 34.4. The second-order valence-corrected chi connectivity index (χ2v) is 18.0. The predicted octanol–water partition coefficient (Wildman–Crippen LogP) is 7.71. The van der Waals surface area contributed by atoms with E-state index in [4.69, 9.17) is 25.6 Å². The molecule has 4 aromatic rings. The fourth-order valence-corrected chi connectivity index (χ4v) is 10.00. The monoisotopic (exact) mass is 841 g/mol. The molecule has 0 N–H and O–H groups in total. The smallest absolute Gasteiger partial charge is 0.410 e. The van der Waals surface area contributed by atoms with Gasteiger partial charge >= 0.3 is 18.2 Å². The predicted molar refractivity (Wildman–Crippen MR) is 219 cm³/mol. The number of hydrogen-bond donors (Lipinski definition) is 0. The first kappa shape index (κ1) is 40.7. The molecule has 5 fully saturated rings. The maximum Gasteiger partial charge on any atom is 0.410 e. The summed E-state index contributed by atoms with van der Waals surface area (Å²) in [5.41, 5.74) is -0.123. The number of piperazine rings is 1. The van der Waals surface area contributed by atoms with Gasteiger partial charge in [0.05, 0.1) is 35.1 Å². The molecule has 2 amide bonds. The molecule has 61 heavy (non-hydrogen) atoms. The minimum absolute atomic E-state index is 0.00989. The van der Waals surface area contributed by atoms with Crippen molar-refractivity contribution in [3.63, 3.8) is 0 Å². The number of benzene rings is 2. The van der Waals surface area contributed by atoms with Gasteiger partial charge in [-0.25, -0.2) is 27.2 Å². The van der Waals surface area contributed by atoms with E-state index in [2.05, 4.69) is 27.4 Å². The number of fused-ring (bicyclic) bond motifs is 5. The third kappa shape index (κ3) is 7.44. The van der Waals surface area contributed by atoms with Gasteiger partial charge in [-0.15, -0.1) is 6.42 Å². The number of carbonyl (C=O) groups excluding carboxylic acids is 2. The molecular weight excluding hydrogens is 795 g/mol.